The molecule has 1 aromatic rings. The number of hydrogen-bond acceptors (Lipinski definition) is 4. The number of aliphatic hydroxyl groups excluding tert-OH is 1. The van der Waals surface area contributed by atoms with E-state index in [1.54, 1.807) is 12.1 Å². The molecular weight excluding hydrogens is 254 g/mol. The topological polar surface area (TPSA) is 78.6 Å². The van der Waals surface area contributed by atoms with Gasteiger partial charge in [0, 0.05) is 32.1 Å². The zero-order valence-corrected chi connectivity index (χ0v) is 12.1. The molecule has 2 atom stereocenters. The van der Waals surface area contributed by atoms with Crippen LogP contribution in [0.4, 0.5) is 11.4 Å². The highest BCUT2D eigenvalue weighted by Gasteiger charge is 2.25. The van der Waals surface area contributed by atoms with Crippen LogP contribution in [-0.2, 0) is 0 Å². The molecule has 20 heavy (non-hydrogen) atoms. The van der Waals surface area contributed by atoms with Gasteiger partial charge in [0.2, 0.25) is 0 Å². The van der Waals surface area contributed by atoms with Gasteiger partial charge in [0.05, 0.1) is 17.5 Å². The van der Waals surface area contributed by atoms with Gasteiger partial charge in [-0.05, 0) is 31.0 Å². The zero-order valence-electron chi connectivity index (χ0n) is 12.1. The number of benzene rings is 1. The Morgan fingerprint density at radius 2 is 2.20 bits per heavy atom. The number of carbonyl (C=O) groups is 1. The van der Waals surface area contributed by atoms with Crippen molar-refractivity contribution in [2.45, 2.75) is 25.4 Å². The van der Waals surface area contributed by atoms with Crippen LogP contribution >= 0.6 is 0 Å². The first-order valence-electron chi connectivity index (χ1n) is 7.02. The van der Waals surface area contributed by atoms with Crippen LogP contribution in [0.5, 0.6) is 0 Å². The predicted octanol–water partition coefficient (Wildman–Crippen LogP) is 1.23. The Bertz CT molecular complexity index is 488. The SMILES string of the molecule is CN(C)c1ccc(C(=O)NCC2CCCC2O)cc1N. The van der Waals surface area contributed by atoms with Crippen molar-refractivity contribution < 1.29 is 9.90 Å². The number of carbonyl (C=O) groups excluding carboxylic acids is 1. The van der Waals surface area contributed by atoms with Crippen LogP contribution in [0.15, 0.2) is 18.2 Å². The maximum atomic E-state index is 12.1. The van der Waals surface area contributed by atoms with E-state index in [1.807, 2.05) is 25.1 Å². The molecule has 1 saturated carbocycles. The molecule has 0 aromatic heterocycles. The van der Waals surface area contributed by atoms with Crippen molar-refractivity contribution in [3.8, 4) is 0 Å². The second kappa shape index (κ2) is 6.13. The van der Waals surface area contributed by atoms with Gasteiger partial charge >= 0.3 is 0 Å². The van der Waals surface area contributed by atoms with E-state index in [4.69, 9.17) is 5.73 Å². The second-order valence-electron chi connectivity index (χ2n) is 5.64. The minimum absolute atomic E-state index is 0.138. The van der Waals surface area contributed by atoms with Crippen molar-refractivity contribution in [3.63, 3.8) is 0 Å². The summed E-state index contributed by atoms with van der Waals surface area (Å²) in [6.45, 7) is 0.523. The molecule has 1 fully saturated rings. The van der Waals surface area contributed by atoms with E-state index >= 15 is 0 Å². The Morgan fingerprint density at radius 3 is 2.75 bits per heavy atom. The molecule has 0 saturated heterocycles. The second-order valence-corrected chi connectivity index (χ2v) is 5.64. The van der Waals surface area contributed by atoms with E-state index in [1.165, 1.54) is 0 Å². The first-order valence-corrected chi connectivity index (χ1v) is 7.02. The molecular formula is C15H23N3O2. The third-order valence-corrected chi connectivity index (χ3v) is 3.92. The van der Waals surface area contributed by atoms with Crippen LogP contribution in [0.2, 0.25) is 0 Å². The van der Waals surface area contributed by atoms with Gasteiger partial charge in [-0.25, -0.2) is 0 Å². The molecule has 2 rings (SSSR count). The summed E-state index contributed by atoms with van der Waals surface area (Å²) in [5.41, 5.74) is 7.98. The van der Waals surface area contributed by atoms with E-state index < -0.39 is 0 Å². The number of nitrogens with two attached hydrogens (primary N) is 1. The molecule has 2 unspecified atom stereocenters. The third kappa shape index (κ3) is 3.22. The fourth-order valence-electron chi connectivity index (χ4n) is 2.68. The molecule has 0 aliphatic heterocycles. The molecule has 1 aromatic carbocycles. The Labute approximate surface area is 119 Å². The summed E-state index contributed by atoms with van der Waals surface area (Å²) in [6.07, 6.45) is 2.57. The highest BCUT2D eigenvalue weighted by molar-refractivity contribution is 5.96. The summed E-state index contributed by atoms with van der Waals surface area (Å²) in [5, 5.41) is 12.6. The molecule has 5 heteroatoms. The first-order chi connectivity index (χ1) is 9.49. The monoisotopic (exact) mass is 277 g/mol. The Hall–Kier alpha value is -1.75. The lowest BCUT2D eigenvalue weighted by molar-refractivity contribution is 0.0917. The van der Waals surface area contributed by atoms with Gasteiger partial charge in [0.25, 0.3) is 5.91 Å². The number of nitrogens with zero attached hydrogens (tertiary/aromatic N) is 1. The number of amides is 1. The van der Waals surface area contributed by atoms with Crippen molar-refractivity contribution in [2.24, 2.45) is 5.92 Å². The Kier molecular flexibility index (Phi) is 4.49. The van der Waals surface area contributed by atoms with Crippen LogP contribution in [0.25, 0.3) is 0 Å². The van der Waals surface area contributed by atoms with Gasteiger partial charge < -0.3 is 21.1 Å². The summed E-state index contributed by atoms with van der Waals surface area (Å²) in [6, 6.07) is 5.30. The summed E-state index contributed by atoms with van der Waals surface area (Å²) in [7, 11) is 3.82. The quantitative estimate of drug-likeness (QED) is 0.723. The molecule has 4 N–H and O–H groups in total. The van der Waals surface area contributed by atoms with Gasteiger partial charge in [-0.2, -0.15) is 0 Å². The molecule has 1 amide bonds. The Morgan fingerprint density at radius 1 is 1.45 bits per heavy atom. The molecule has 0 radical (unpaired) electrons. The van der Waals surface area contributed by atoms with E-state index in [9.17, 15) is 9.90 Å². The predicted molar refractivity (Wildman–Crippen MR) is 80.9 cm³/mol. The largest absolute Gasteiger partial charge is 0.397 e. The van der Waals surface area contributed by atoms with Crippen LogP contribution in [0.1, 0.15) is 29.6 Å². The average molecular weight is 277 g/mol. The lowest BCUT2D eigenvalue weighted by Crippen LogP contribution is -2.32. The Balaban J connectivity index is 1.97. The molecule has 0 spiro atoms. The van der Waals surface area contributed by atoms with E-state index in [0.717, 1.165) is 24.9 Å². The van der Waals surface area contributed by atoms with E-state index in [0.29, 0.717) is 17.8 Å². The highest BCUT2D eigenvalue weighted by Crippen LogP contribution is 2.25. The number of nitrogen functional groups attached to an aromatic ring is 1. The van der Waals surface area contributed by atoms with Crippen molar-refractivity contribution in [1.29, 1.82) is 0 Å². The normalized spacial score (nSPS) is 21.8. The maximum Gasteiger partial charge on any atom is 0.251 e. The molecule has 5 nitrogen and oxygen atoms in total. The number of nitrogens with one attached hydrogen (secondary N) is 1. The summed E-state index contributed by atoms with van der Waals surface area (Å²) >= 11 is 0. The molecule has 0 heterocycles. The van der Waals surface area contributed by atoms with Gasteiger partial charge in [-0.3, -0.25) is 4.79 Å². The number of rotatable bonds is 4. The van der Waals surface area contributed by atoms with Crippen molar-refractivity contribution in [2.75, 3.05) is 31.3 Å². The van der Waals surface area contributed by atoms with Gasteiger partial charge in [0.1, 0.15) is 0 Å². The van der Waals surface area contributed by atoms with Crippen LogP contribution < -0.4 is 16.0 Å². The lowest BCUT2D eigenvalue weighted by atomic mass is 10.1. The van der Waals surface area contributed by atoms with Crippen molar-refractivity contribution in [3.05, 3.63) is 23.8 Å². The maximum absolute atomic E-state index is 12.1. The highest BCUT2D eigenvalue weighted by atomic mass is 16.3. The van der Waals surface area contributed by atoms with Gasteiger partial charge in [0.15, 0.2) is 0 Å². The number of aliphatic hydroxyl groups is 1. The van der Waals surface area contributed by atoms with Gasteiger partial charge in [-0.1, -0.05) is 6.42 Å². The van der Waals surface area contributed by atoms with Crippen LogP contribution in [-0.4, -0.2) is 37.8 Å². The molecule has 110 valence electrons. The summed E-state index contributed by atoms with van der Waals surface area (Å²) < 4.78 is 0. The van der Waals surface area contributed by atoms with Crippen LogP contribution in [0.3, 0.4) is 0 Å². The zero-order chi connectivity index (χ0) is 14.7. The summed E-state index contributed by atoms with van der Waals surface area (Å²) in [4.78, 5) is 14.0. The third-order valence-electron chi connectivity index (χ3n) is 3.92. The van der Waals surface area contributed by atoms with E-state index in [2.05, 4.69) is 5.32 Å². The van der Waals surface area contributed by atoms with Crippen LogP contribution in [0, 0.1) is 5.92 Å². The van der Waals surface area contributed by atoms with Crippen molar-refractivity contribution in [1.82, 2.24) is 5.32 Å². The lowest BCUT2D eigenvalue weighted by Gasteiger charge is -2.17. The fourth-order valence-corrected chi connectivity index (χ4v) is 2.68. The van der Waals surface area contributed by atoms with Crippen molar-refractivity contribution >= 4 is 17.3 Å². The molecule has 0 bridgehead atoms. The smallest absolute Gasteiger partial charge is 0.251 e. The minimum atomic E-state index is -0.281. The summed E-state index contributed by atoms with van der Waals surface area (Å²) in [5.74, 6) is 0.0402. The van der Waals surface area contributed by atoms with Gasteiger partial charge in [-0.15, -0.1) is 0 Å². The standard InChI is InChI=1S/C15H23N3O2/c1-18(2)13-7-6-10(8-12(13)16)15(20)17-9-11-4-3-5-14(11)19/h6-8,11,14,19H,3-5,9,16H2,1-2H3,(H,17,20). The molecule has 1 aliphatic rings. The number of hydrogen-bond donors (Lipinski definition) is 3. The average Bonchev–Trinajstić information content (AvgIpc) is 2.81. The van der Waals surface area contributed by atoms with E-state index in [-0.39, 0.29) is 17.9 Å². The minimum Gasteiger partial charge on any atom is -0.397 e. The fraction of sp³-hybridized carbons (Fsp3) is 0.533. The number of anilines is 2. The molecule has 1 aliphatic carbocycles. The first kappa shape index (κ1) is 14.7.